The van der Waals surface area contributed by atoms with Crippen LogP contribution in [0.5, 0.6) is 0 Å². The van der Waals surface area contributed by atoms with Gasteiger partial charge in [0.2, 0.25) is 0 Å². The minimum Gasteiger partial charge on any atom is -0.398 e. The van der Waals surface area contributed by atoms with Crippen LogP contribution in [-0.4, -0.2) is 46.0 Å². The maximum absolute atomic E-state index is 5.54. The minimum absolute atomic E-state index is 0. The number of ether oxygens (including phenoxy) is 1. The summed E-state index contributed by atoms with van der Waals surface area (Å²) in [6.07, 6.45) is 6.34. The Morgan fingerprint density at radius 1 is 1.19 bits per heavy atom. The molecular weight excluding hydrogens is 236 g/mol. The average molecular weight is 262 g/mol. The molecule has 3 unspecified atom stereocenters. The van der Waals surface area contributed by atoms with Gasteiger partial charge in [-0.05, 0) is 55.2 Å². The van der Waals surface area contributed by atoms with Gasteiger partial charge in [0.25, 0.3) is 0 Å². The Bertz CT molecular complexity index is 221. The predicted molar refractivity (Wildman–Crippen MR) is 72.4 cm³/mol. The van der Waals surface area contributed by atoms with E-state index in [2.05, 4.69) is 6.55 Å². The van der Waals surface area contributed by atoms with Gasteiger partial charge in [-0.3, -0.25) is 0 Å². The second-order valence-electron chi connectivity index (χ2n) is 4.97. The lowest BCUT2D eigenvalue weighted by Gasteiger charge is -2.26. The summed E-state index contributed by atoms with van der Waals surface area (Å²) < 4.78 is 16.5. The van der Waals surface area contributed by atoms with Crippen LogP contribution < -0.4 is 0 Å². The zero-order chi connectivity index (χ0) is 10.9. The number of hydrogen-bond donors (Lipinski definition) is 0. The molecule has 1 heterocycles. The molecule has 2 rings (SSSR count). The van der Waals surface area contributed by atoms with Crippen molar-refractivity contribution in [1.29, 1.82) is 0 Å². The van der Waals surface area contributed by atoms with E-state index in [1.807, 2.05) is 0 Å². The maximum Gasteiger partial charge on any atom is 0.334 e. The molecule has 0 aromatic carbocycles. The predicted octanol–water partition coefficient (Wildman–Crippen LogP) is 0.857. The lowest BCUT2D eigenvalue weighted by atomic mass is 9.88. The zero-order valence-electron chi connectivity index (χ0n) is 9.99. The van der Waals surface area contributed by atoms with Crippen molar-refractivity contribution in [2.45, 2.75) is 50.5 Å². The highest BCUT2D eigenvalue weighted by Crippen LogP contribution is 2.41. The molecule has 2 fully saturated rings. The summed E-state index contributed by atoms with van der Waals surface area (Å²) in [5.41, 5.74) is 0. The van der Waals surface area contributed by atoms with Crippen molar-refractivity contribution in [3.05, 3.63) is 0 Å². The second-order valence-corrected chi connectivity index (χ2v) is 8.56. The summed E-state index contributed by atoms with van der Waals surface area (Å²) in [6.45, 7) is 2.15. The molecule has 5 heteroatoms. The zero-order valence-corrected chi connectivity index (χ0v) is 11.0. The highest BCUT2D eigenvalue weighted by Gasteiger charge is 2.44. The number of epoxide rings is 1. The van der Waals surface area contributed by atoms with Gasteiger partial charge in [-0.25, -0.2) is 0 Å². The van der Waals surface area contributed by atoms with Crippen molar-refractivity contribution in [2.75, 3.05) is 14.2 Å². The molecule has 1 saturated carbocycles. The average Bonchev–Trinajstić information content (AvgIpc) is 3.04. The van der Waals surface area contributed by atoms with Gasteiger partial charge >= 0.3 is 8.56 Å². The molecule has 0 aromatic heterocycles. The largest absolute Gasteiger partial charge is 0.398 e. The molecule has 16 heavy (non-hydrogen) atoms. The fourth-order valence-corrected chi connectivity index (χ4v) is 4.01. The Labute approximate surface area is 104 Å². The Morgan fingerprint density at radius 3 is 2.44 bits per heavy atom. The number of rotatable bonds is 5. The van der Waals surface area contributed by atoms with Gasteiger partial charge in [0.1, 0.15) is 0 Å². The van der Waals surface area contributed by atoms with E-state index in [-0.39, 0.29) is 11.0 Å². The van der Waals surface area contributed by atoms with E-state index in [4.69, 9.17) is 13.6 Å². The minimum atomic E-state index is -1.83. The van der Waals surface area contributed by atoms with Gasteiger partial charge in [0, 0.05) is 14.2 Å². The van der Waals surface area contributed by atoms with E-state index in [9.17, 15) is 0 Å². The van der Waals surface area contributed by atoms with E-state index in [0.29, 0.717) is 12.2 Å². The molecule has 1 aliphatic carbocycles. The van der Waals surface area contributed by atoms with Crippen molar-refractivity contribution >= 4 is 19.5 Å². The van der Waals surface area contributed by atoms with Gasteiger partial charge in [0.15, 0.2) is 0 Å². The van der Waals surface area contributed by atoms with Crippen molar-refractivity contribution in [2.24, 2.45) is 5.92 Å². The Hall–Kier alpha value is 0.314. The summed E-state index contributed by atoms with van der Waals surface area (Å²) in [4.78, 5) is 0. The molecule has 2 aliphatic rings. The van der Waals surface area contributed by atoms with Gasteiger partial charge < -0.3 is 13.6 Å². The first-order valence-electron chi connectivity index (χ1n) is 5.92. The molecule has 3 atom stereocenters. The van der Waals surface area contributed by atoms with E-state index in [0.717, 1.165) is 12.0 Å². The van der Waals surface area contributed by atoms with Crippen LogP contribution >= 0.6 is 0 Å². The van der Waals surface area contributed by atoms with Gasteiger partial charge in [-0.15, -0.1) is 0 Å². The van der Waals surface area contributed by atoms with Gasteiger partial charge in [-0.2, -0.15) is 0 Å². The van der Waals surface area contributed by atoms with Crippen LogP contribution in [0.15, 0.2) is 0 Å². The van der Waals surface area contributed by atoms with E-state index < -0.39 is 8.56 Å². The molecule has 0 N–H and O–H groups in total. The topological polar surface area (TPSA) is 31.0 Å². The van der Waals surface area contributed by atoms with Crippen molar-refractivity contribution < 1.29 is 13.6 Å². The van der Waals surface area contributed by atoms with Crippen molar-refractivity contribution in [3.8, 4) is 0 Å². The number of fused-ring (bicyclic) bond motifs is 1. The molecule has 1 aliphatic heterocycles. The van der Waals surface area contributed by atoms with E-state index in [1.165, 1.54) is 25.7 Å². The van der Waals surface area contributed by atoms with Crippen LogP contribution in [0.4, 0.5) is 0 Å². The molecule has 0 bridgehead atoms. The lowest BCUT2D eigenvalue weighted by Crippen LogP contribution is -2.36. The van der Waals surface area contributed by atoms with E-state index >= 15 is 0 Å². The van der Waals surface area contributed by atoms with Crippen LogP contribution in [0.1, 0.15) is 25.7 Å². The third-order valence-corrected chi connectivity index (χ3v) is 6.91. The molecule has 96 valence electrons. The summed E-state index contributed by atoms with van der Waals surface area (Å²) in [5.74, 6) is 0.839. The fourth-order valence-electron chi connectivity index (χ4n) is 2.50. The van der Waals surface area contributed by atoms with Crippen molar-refractivity contribution in [3.63, 3.8) is 0 Å². The smallest absolute Gasteiger partial charge is 0.334 e. The standard InChI is InChI=1S/C11H22O3Si.H4Si/c1-12-15(3,13-2)7-6-9-4-5-10-11(8-9)14-10;/h9-11H,4-8H2,1-3H3;1H4. The molecule has 1 saturated heterocycles. The van der Waals surface area contributed by atoms with Crippen LogP contribution in [0.25, 0.3) is 0 Å². The third kappa shape index (κ3) is 3.40. The first-order valence-corrected chi connectivity index (χ1v) is 8.45. The van der Waals surface area contributed by atoms with Gasteiger partial charge in [0.05, 0.1) is 12.2 Å². The highest BCUT2D eigenvalue weighted by molar-refractivity contribution is 6.65. The molecule has 3 nitrogen and oxygen atoms in total. The van der Waals surface area contributed by atoms with Gasteiger partial charge in [-0.1, -0.05) is 0 Å². The Balaban J connectivity index is 0.00000128. The Morgan fingerprint density at radius 2 is 1.88 bits per heavy atom. The first kappa shape index (κ1) is 14.4. The molecule has 0 aromatic rings. The quantitative estimate of drug-likeness (QED) is 0.544. The van der Waals surface area contributed by atoms with Crippen molar-refractivity contribution in [1.82, 2.24) is 0 Å². The monoisotopic (exact) mass is 262 g/mol. The maximum atomic E-state index is 5.54. The van der Waals surface area contributed by atoms with E-state index in [1.54, 1.807) is 14.2 Å². The number of hydrogen-bond acceptors (Lipinski definition) is 3. The third-order valence-electron chi connectivity index (χ3n) is 3.98. The Kier molecular flexibility index (Phi) is 5.19. The van der Waals surface area contributed by atoms with Crippen LogP contribution in [0.2, 0.25) is 12.6 Å². The van der Waals surface area contributed by atoms with Crippen LogP contribution in [0.3, 0.4) is 0 Å². The molecular formula is C11H26O3Si2. The highest BCUT2D eigenvalue weighted by atomic mass is 28.4. The van der Waals surface area contributed by atoms with Crippen LogP contribution in [-0.2, 0) is 13.6 Å². The fraction of sp³-hybridized carbons (Fsp3) is 1.00. The summed E-state index contributed by atoms with van der Waals surface area (Å²) in [7, 11) is 1.72. The lowest BCUT2D eigenvalue weighted by molar-refractivity contribution is 0.242. The summed E-state index contributed by atoms with van der Waals surface area (Å²) in [6, 6.07) is 1.11. The normalized spacial score (nSPS) is 32.8. The second kappa shape index (κ2) is 5.77. The first-order chi connectivity index (χ1) is 7.17. The summed E-state index contributed by atoms with van der Waals surface area (Å²) >= 11 is 0. The van der Waals surface area contributed by atoms with Crippen LogP contribution in [0, 0.1) is 5.92 Å². The SMILES string of the molecule is CO[Si](C)(CCC1CCC2OC2C1)OC.[SiH4]. The summed E-state index contributed by atoms with van der Waals surface area (Å²) in [5, 5.41) is 0. The molecule has 0 radical (unpaired) electrons. The molecule has 0 amide bonds. The molecule has 0 spiro atoms.